The number of rotatable bonds is 7. The van der Waals surface area contributed by atoms with Crippen molar-refractivity contribution in [1.29, 1.82) is 5.26 Å². The number of carbonyl (C=O) groups is 2. The van der Waals surface area contributed by atoms with E-state index in [1.807, 2.05) is 24.3 Å². The first kappa shape index (κ1) is 25.7. The van der Waals surface area contributed by atoms with E-state index in [9.17, 15) is 9.59 Å². The fourth-order valence-corrected chi connectivity index (χ4v) is 2.52. The molecule has 0 unspecified atom stereocenters. The topological polar surface area (TPSA) is 85.6 Å². The van der Waals surface area contributed by atoms with E-state index in [2.05, 4.69) is 12.6 Å². The van der Waals surface area contributed by atoms with Crippen molar-refractivity contribution in [2.24, 2.45) is 0 Å². The number of hydrogen-bond donors (Lipinski definition) is 0. The molecule has 0 radical (unpaired) electrons. The van der Waals surface area contributed by atoms with Gasteiger partial charge in [0.2, 0.25) is 6.79 Å². The molecule has 6 nitrogen and oxygen atoms in total. The largest absolute Gasteiger partial charge is 0.457 e. The van der Waals surface area contributed by atoms with Gasteiger partial charge in [0.1, 0.15) is 11.5 Å². The molecule has 0 bridgehead atoms. The van der Waals surface area contributed by atoms with Crippen molar-refractivity contribution in [2.45, 2.75) is 14.9 Å². The lowest BCUT2D eigenvalue weighted by atomic mass is 10.0. The Morgan fingerprint density at radius 3 is 1.91 bits per heavy atom. The van der Waals surface area contributed by atoms with Crippen molar-refractivity contribution in [3.63, 3.8) is 0 Å². The molecule has 0 saturated carbocycles. The maximum Gasteiger partial charge on any atom is 0.343 e. The van der Waals surface area contributed by atoms with Crippen LogP contribution < -0.4 is 9.47 Å². The van der Waals surface area contributed by atoms with Gasteiger partial charge in [-0.2, -0.15) is 5.26 Å². The molecule has 0 spiro atoms. The molecule has 6 heteroatoms. The second-order valence-corrected chi connectivity index (χ2v) is 6.06. The quantitative estimate of drug-likeness (QED) is 0.204. The molecule has 0 aliphatic heterocycles. The van der Waals surface area contributed by atoms with Crippen molar-refractivity contribution in [2.75, 3.05) is 6.79 Å². The van der Waals surface area contributed by atoms with Gasteiger partial charge >= 0.3 is 11.9 Å². The average Bonchev–Trinajstić information content (AvgIpc) is 2.80. The highest BCUT2D eigenvalue weighted by molar-refractivity contribution is 5.91. The Hall–Kier alpha value is -4.37. The Morgan fingerprint density at radius 1 is 0.844 bits per heavy atom. The predicted octanol–water partition coefficient (Wildman–Crippen LogP) is 5.78. The fourth-order valence-electron chi connectivity index (χ4n) is 2.52. The number of carbonyl (C=O) groups excluding carboxylic acids is 2. The highest BCUT2D eigenvalue weighted by Gasteiger charge is 2.09. The van der Waals surface area contributed by atoms with Gasteiger partial charge in [0.15, 0.2) is 0 Å². The SMILES string of the molecule is C.C.C=CC(=O)OCOc1ccc(C(=O)Oc2ccc(-c3ccc(C#N)cc3)cc2)cc1. The molecule has 0 heterocycles. The van der Waals surface area contributed by atoms with Crippen LogP contribution in [0.2, 0.25) is 0 Å². The molecule has 3 aromatic rings. The zero-order valence-electron chi connectivity index (χ0n) is 15.9. The van der Waals surface area contributed by atoms with Crippen LogP contribution in [-0.2, 0) is 9.53 Å². The molecule has 0 aliphatic carbocycles. The molecule has 0 aliphatic rings. The Labute approximate surface area is 188 Å². The number of hydrogen-bond acceptors (Lipinski definition) is 6. The van der Waals surface area contributed by atoms with Crippen molar-refractivity contribution in [1.82, 2.24) is 0 Å². The minimum atomic E-state index is -0.583. The third-order valence-electron chi connectivity index (χ3n) is 4.10. The van der Waals surface area contributed by atoms with Crippen molar-refractivity contribution in [3.05, 3.63) is 96.6 Å². The Bertz CT molecular complexity index is 1080. The van der Waals surface area contributed by atoms with Crippen LogP contribution in [0, 0.1) is 11.3 Å². The highest BCUT2D eigenvalue weighted by Crippen LogP contribution is 2.23. The Morgan fingerprint density at radius 2 is 1.38 bits per heavy atom. The zero-order chi connectivity index (χ0) is 21.3. The summed E-state index contributed by atoms with van der Waals surface area (Å²) in [5.41, 5.74) is 2.85. The standard InChI is InChI=1S/C24H17NO5.2CH4/c1-2-23(26)29-16-28-21-11-9-20(10-12-21)24(27)30-22-13-7-19(8-14-22)18-5-3-17(15-25)4-6-18;;/h2-14H,1,16H2;2*1H4. The lowest BCUT2D eigenvalue weighted by Crippen LogP contribution is -2.09. The summed E-state index contributed by atoms with van der Waals surface area (Å²) in [5.74, 6) is -0.240. The molecule has 0 amide bonds. The van der Waals surface area contributed by atoms with E-state index in [-0.39, 0.29) is 21.6 Å². The first-order valence-corrected chi connectivity index (χ1v) is 8.94. The molecule has 32 heavy (non-hydrogen) atoms. The van der Waals surface area contributed by atoms with E-state index in [0.29, 0.717) is 22.6 Å². The molecule has 3 aromatic carbocycles. The van der Waals surface area contributed by atoms with Crippen LogP contribution in [0.25, 0.3) is 11.1 Å². The van der Waals surface area contributed by atoms with E-state index in [0.717, 1.165) is 17.2 Å². The van der Waals surface area contributed by atoms with Crippen molar-refractivity contribution >= 4 is 11.9 Å². The number of nitriles is 1. The van der Waals surface area contributed by atoms with E-state index >= 15 is 0 Å². The van der Waals surface area contributed by atoms with E-state index in [4.69, 9.17) is 19.5 Å². The Balaban J connectivity index is 0.00000256. The Kier molecular flexibility index (Phi) is 9.91. The zero-order valence-corrected chi connectivity index (χ0v) is 15.9. The van der Waals surface area contributed by atoms with Crippen LogP contribution in [0.5, 0.6) is 11.5 Å². The summed E-state index contributed by atoms with van der Waals surface area (Å²) in [6, 6.07) is 22.7. The predicted molar refractivity (Wildman–Crippen MR) is 123 cm³/mol. The first-order chi connectivity index (χ1) is 14.6. The van der Waals surface area contributed by atoms with Gasteiger partial charge < -0.3 is 14.2 Å². The van der Waals surface area contributed by atoms with Crippen LogP contribution in [0.3, 0.4) is 0 Å². The highest BCUT2D eigenvalue weighted by atomic mass is 16.7. The lowest BCUT2D eigenvalue weighted by Gasteiger charge is -2.08. The number of esters is 2. The molecular weight excluding hydrogens is 406 g/mol. The molecule has 3 rings (SSSR count). The van der Waals surface area contributed by atoms with E-state index < -0.39 is 11.9 Å². The van der Waals surface area contributed by atoms with Gasteiger partial charge in [-0.05, 0) is 59.7 Å². The smallest absolute Gasteiger partial charge is 0.343 e. The van der Waals surface area contributed by atoms with Crippen LogP contribution in [0.1, 0.15) is 30.8 Å². The number of benzene rings is 3. The van der Waals surface area contributed by atoms with Gasteiger partial charge in [0.05, 0.1) is 17.2 Å². The minimum absolute atomic E-state index is 0. The molecule has 0 N–H and O–H groups in total. The summed E-state index contributed by atoms with van der Waals surface area (Å²) < 4.78 is 15.4. The summed E-state index contributed by atoms with van der Waals surface area (Å²) >= 11 is 0. The molecule has 0 atom stereocenters. The first-order valence-electron chi connectivity index (χ1n) is 8.94. The summed E-state index contributed by atoms with van der Waals surface area (Å²) in [4.78, 5) is 23.3. The van der Waals surface area contributed by atoms with Crippen LogP contribution in [0.4, 0.5) is 0 Å². The van der Waals surface area contributed by atoms with E-state index in [1.54, 1.807) is 48.5 Å². The fraction of sp³-hybridized carbons (Fsp3) is 0.115. The molecule has 164 valence electrons. The minimum Gasteiger partial charge on any atom is -0.457 e. The second kappa shape index (κ2) is 12.4. The van der Waals surface area contributed by atoms with Crippen molar-refractivity contribution in [3.8, 4) is 28.7 Å². The van der Waals surface area contributed by atoms with Gasteiger partial charge in [-0.3, -0.25) is 0 Å². The van der Waals surface area contributed by atoms with Gasteiger partial charge in [0.25, 0.3) is 0 Å². The summed E-state index contributed by atoms with van der Waals surface area (Å²) in [6.07, 6.45) is 1.04. The molecule has 0 saturated heterocycles. The van der Waals surface area contributed by atoms with Gasteiger partial charge in [-0.1, -0.05) is 45.7 Å². The normalized spacial score (nSPS) is 9.22. The monoisotopic (exact) mass is 431 g/mol. The third kappa shape index (κ3) is 6.85. The lowest BCUT2D eigenvalue weighted by molar-refractivity contribution is -0.144. The molecular formula is C26H25NO5. The van der Waals surface area contributed by atoms with Crippen molar-refractivity contribution < 1.29 is 23.8 Å². The second-order valence-electron chi connectivity index (χ2n) is 6.06. The van der Waals surface area contributed by atoms with Gasteiger partial charge in [-0.25, -0.2) is 9.59 Å². The summed E-state index contributed by atoms with van der Waals surface area (Å²) in [7, 11) is 0. The maximum atomic E-state index is 12.3. The van der Waals surface area contributed by atoms with Crippen LogP contribution in [0.15, 0.2) is 85.5 Å². The summed E-state index contributed by atoms with van der Waals surface area (Å²) in [5, 5.41) is 8.87. The van der Waals surface area contributed by atoms with Gasteiger partial charge in [-0.15, -0.1) is 0 Å². The third-order valence-corrected chi connectivity index (χ3v) is 4.10. The molecule has 0 fully saturated rings. The van der Waals surface area contributed by atoms with E-state index in [1.165, 1.54) is 0 Å². The maximum absolute atomic E-state index is 12.3. The summed E-state index contributed by atoms with van der Waals surface area (Å²) in [6.45, 7) is 3.04. The number of ether oxygens (including phenoxy) is 3. The van der Waals surface area contributed by atoms with Crippen LogP contribution >= 0.6 is 0 Å². The number of nitrogens with zero attached hydrogens (tertiary/aromatic N) is 1. The average molecular weight is 431 g/mol. The van der Waals surface area contributed by atoms with Gasteiger partial charge in [0, 0.05) is 6.08 Å². The molecule has 0 aromatic heterocycles. The van der Waals surface area contributed by atoms with Crippen LogP contribution in [-0.4, -0.2) is 18.7 Å².